The molecule has 152 valence electrons. The zero-order valence-corrected chi connectivity index (χ0v) is 18.8. The minimum atomic E-state index is 0. The van der Waals surface area contributed by atoms with E-state index in [0.29, 0.717) is 6.54 Å². The number of nitrogens with zero attached hydrogens (tertiary/aromatic N) is 3. The van der Waals surface area contributed by atoms with Crippen molar-refractivity contribution in [2.75, 3.05) is 44.7 Å². The average molecular weight is 496 g/mol. The highest BCUT2D eigenvalue weighted by Crippen LogP contribution is 2.23. The normalized spacial score (nSPS) is 14.4. The van der Waals surface area contributed by atoms with Crippen LogP contribution in [0.2, 0.25) is 0 Å². The van der Waals surface area contributed by atoms with E-state index in [1.165, 1.54) is 5.69 Å². The van der Waals surface area contributed by atoms with Crippen molar-refractivity contribution in [3.8, 4) is 11.5 Å². The Morgan fingerprint density at radius 2 is 1.82 bits per heavy atom. The molecule has 6 nitrogen and oxygen atoms in total. The van der Waals surface area contributed by atoms with Crippen LogP contribution in [0.3, 0.4) is 0 Å². The molecule has 1 aliphatic heterocycles. The van der Waals surface area contributed by atoms with E-state index < -0.39 is 0 Å². The van der Waals surface area contributed by atoms with E-state index in [2.05, 4.69) is 46.3 Å². The molecular formula is C21H29IN4O2. The maximum atomic E-state index is 10.1. The highest BCUT2D eigenvalue weighted by molar-refractivity contribution is 14.0. The highest BCUT2D eigenvalue weighted by Gasteiger charge is 2.19. The van der Waals surface area contributed by atoms with Gasteiger partial charge in [-0.2, -0.15) is 0 Å². The summed E-state index contributed by atoms with van der Waals surface area (Å²) in [5.41, 5.74) is 2.02. The number of phenolic OH excluding ortho intramolecular Hbond substituents is 1. The van der Waals surface area contributed by atoms with Gasteiger partial charge in [-0.25, -0.2) is 4.99 Å². The number of aliphatic imine (C=N–C) groups is 1. The summed E-state index contributed by atoms with van der Waals surface area (Å²) in [7, 11) is 1.62. The van der Waals surface area contributed by atoms with Gasteiger partial charge >= 0.3 is 0 Å². The van der Waals surface area contributed by atoms with Crippen LogP contribution in [0.15, 0.2) is 53.5 Å². The Morgan fingerprint density at radius 3 is 2.46 bits per heavy atom. The van der Waals surface area contributed by atoms with Gasteiger partial charge in [-0.15, -0.1) is 24.0 Å². The third-order valence-corrected chi connectivity index (χ3v) is 4.72. The third-order valence-electron chi connectivity index (χ3n) is 4.72. The number of benzene rings is 2. The molecule has 0 aliphatic carbocycles. The fourth-order valence-corrected chi connectivity index (χ4v) is 3.22. The van der Waals surface area contributed by atoms with E-state index in [1.54, 1.807) is 19.2 Å². The van der Waals surface area contributed by atoms with Crippen molar-refractivity contribution in [3.05, 3.63) is 54.1 Å². The van der Waals surface area contributed by atoms with Gasteiger partial charge < -0.3 is 25.0 Å². The topological polar surface area (TPSA) is 60.3 Å². The number of guanidine groups is 1. The maximum absolute atomic E-state index is 10.1. The summed E-state index contributed by atoms with van der Waals surface area (Å²) in [6, 6.07) is 15.7. The number of piperazine rings is 1. The van der Waals surface area contributed by atoms with Crippen LogP contribution in [0, 0.1) is 0 Å². The molecule has 2 aromatic carbocycles. The predicted octanol–water partition coefficient (Wildman–Crippen LogP) is 3.31. The molecule has 1 heterocycles. The zero-order valence-electron chi connectivity index (χ0n) is 16.5. The number of phenols is 1. The molecule has 0 saturated carbocycles. The fraction of sp³-hybridized carbons (Fsp3) is 0.381. The van der Waals surface area contributed by atoms with Crippen molar-refractivity contribution in [3.63, 3.8) is 0 Å². The van der Waals surface area contributed by atoms with Crippen LogP contribution < -0.4 is 15.0 Å². The first-order valence-electron chi connectivity index (χ1n) is 9.40. The van der Waals surface area contributed by atoms with Crippen LogP contribution in [0.25, 0.3) is 0 Å². The first-order chi connectivity index (χ1) is 13.2. The molecule has 7 heteroatoms. The number of nitrogens with one attached hydrogen (secondary N) is 1. The quantitative estimate of drug-likeness (QED) is 0.378. The minimum absolute atomic E-state index is 0. The number of hydrogen-bond donors (Lipinski definition) is 2. The van der Waals surface area contributed by atoms with Gasteiger partial charge in [-0.1, -0.05) is 18.2 Å². The number of hydrogen-bond acceptors (Lipinski definition) is 4. The fourth-order valence-electron chi connectivity index (χ4n) is 3.22. The minimum Gasteiger partial charge on any atom is -0.508 e. The Labute approximate surface area is 184 Å². The second-order valence-corrected chi connectivity index (χ2v) is 6.47. The summed E-state index contributed by atoms with van der Waals surface area (Å²) in [5.74, 6) is 1.84. The number of aromatic hydroxyl groups is 1. The van der Waals surface area contributed by atoms with Crippen LogP contribution >= 0.6 is 24.0 Å². The molecule has 0 aromatic heterocycles. The molecule has 3 rings (SSSR count). The molecular weight excluding hydrogens is 467 g/mol. The lowest BCUT2D eigenvalue weighted by Crippen LogP contribution is -2.52. The van der Waals surface area contributed by atoms with Gasteiger partial charge in [0.1, 0.15) is 11.5 Å². The predicted molar refractivity (Wildman–Crippen MR) is 125 cm³/mol. The maximum Gasteiger partial charge on any atom is 0.194 e. The van der Waals surface area contributed by atoms with Crippen LogP contribution in [0.5, 0.6) is 11.5 Å². The van der Waals surface area contributed by atoms with Gasteiger partial charge in [-0.05, 0) is 37.3 Å². The summed E-state index contributed by atoms with van der Waals surface area (Å²) in [4.78, 5) is 9.41. The summed E-state index contributed by atoms with van der Waals surface area (Å²) in [6.07, 6.45) is 0. The van der Waals surface area contributed by atoms with E-state index in [9.17, 15) is 5.11 Å². The number of ether oxygens (including phenoxy) is 1. The van der Waals surface area contributed by atoms with Gasteiger partial charge in [-0.3, -0.25) is 0 Å². The molecule has 0 bridgehead atoms. The molecule has 2 N–H and O–H groups in total. The average Bonchev–Trinajstić information content (AvgIpc) is 2.73. The Hall–Kier alpha value is -2.16. The second-order valence-electron chi connectivity index (χ2n) is 6.47. The van der Waals surface area contributed by atoms with Crippen LogP contribution in [0.1, 0.15) is 12.5 Å². The molecule has 1 aliphatic rings. The van der Waals surface area contributed by atoms with E-state index in [-0.39, 0.29) is 29.7 Å². The lowest BCUT2D eigenvalue weighted by molar-refractivity contribution is 0.372. The smallest absolute Gasteiger partial charge is 0.194 e. The lowest BCUT2D eigenvalue weighted by Gasteiger charge is -2.37. The first kappa shape index (κ1) is 22.1. The number of rotatable bonds is 5. The van der Waals surface area contributed by atoms with Gasteiger partial charge in [0.05, 0.1) is 13.7 Å². The number of halogens is 1. The standard InChI is InChI=1S/C21H28N4O2.HI/c1-3-22-21(23-16-17-15-19(27-2)9-10-20(17)26)25-13-11-24(12-14-25)18-7-5-4-6-8-18;/h4-10,15,26H,3,11-14,16H2,1-2H3,(H,22,23);1H. The largest absolute Gasteiger partial charge is 0.508 e. The van der Waals surface area contributed by atoms with Crippen molar-refractivity contribution in [2.45, 2.75) is 13.5 Å². The van der Waals surface area contributed by atoms with Crippen LogP contribution in [-0.4, -0.2) is 55.8 Å². The molecule has 0 radical (unpaired) electrons. The van der Waals surface area contributed by atoms with E-state index in [4.69, 9.17) is 9.73 Å². The molecule has 1 saturated heterocycles. The van der Waals surface area contributed by atoms with Gasteiger partial charge in [0.15, 0.2) is 5.96 Å². The lowest BCUT2D eigenvalue weighted by atomic mass is 10.2. The number of para-hydroxylation sites is 1. The van der Waals surface area contributed by atoms with Gasteiger partial charge in [0.2, 0.25) is 0 Å². The summed E-state index contributed by atoms with van der Waals surface area (Å²) >= 11 is 0. The van der Waals surface area contributed by atoms with Gasteiger partial charge in [0.25, 0.3) is 0 Å². The molecule has 0 atom stereocenters. The van der Waals surface area contributed by atoms with E-state index >= 15 is 0 Å². The van der Waals surface area contributed by atoms with Crippen molar-refractivity contribution >= 4 is 35.6 Å². The van der Waals surface area contributed by atoms with Crippen molar-refractivity contribution in [2.24, 2.45) is 4.99 Å². The molecule has 1 fully saturated rings. The zero-order chi connectivity index (χ0) is 19.1. The molecule has 0 amide bonds. The highest BCUT2D eigenvalue weighted by atomic mass is 127. The van der Waals surface area contributed by atoms with Crippen molar-refractivity contribution < 1.29 is 9.84 Å². The van der Waals surface area contributed by atoms with Crippen LogP contribution in [-0.2, 0) is 6.54 Å². The van der Waals surface area contributed by atoms with Gasteiger partial charge in [0, 0.05) is 44.0 Å². The third kappa shape index (κ3) is 5.67. The van der Waals surface area contributed by atoms with Crippen LogP contribution in [0.4, 0.5) is 5.69 Å². The van der Waals surface area contributed by atoms with E-state index in [0.717, 1.165) is 50.0 Å². The van der Waals surface area contributed by atoms with E-state index in [1.807, 2.05) is 12.1 Å². The summed E-state index contributed by atoms with van der Waals surface area (Å²) in [5, 5.41) is 13.4. The van der Waals surface area contributed by atoms with Crippen molar-refractivity contribution in [1.82, 2.24) is 10.2 Å². The Morgan fingerprint density at radius 1 is 1.11 bits per heavy atom. The van der Waals surface area contributed by atoms with Crippen molar-refractivity contribution in [1.29, 1.82) is 0 Å². The first-order valence-corrected chi connectivity index (χ1v) is 9.40. The molecule has 2 aromatic rings. The molecule has 28 heavy (non-hydrogen) atoms. The number of methoxy groups -OCH3 is 1. The monoisotopic (exact) mass is 496 g/mol. The Bertz CT molecular complexity index is 762. The summed E-state index contributed by atoms with van der Waals surface area (Å²) in [6.45, 7) is 7.01. The Balaban J connectivity index is 0.00000280. The molecule has 0 spiro atoms. The molecule has 0 unspecified atom stereocenters. The Kier molecular flexibility index (Phi) is 8.69. The second kappa shape index (κ2) is 11.0. The SMILES string of the molecule is CCNC(=NCc1cc(OC)ccc1O)N1CCN(c2ccccc2)CC1.I. The summed E-state index contributed by atoms with van der Waals surface area (Å²) < 4.78 is 5.24. The number of anilines is 1.